The zero-order chi connectivity index (χ0) is 16.9. The molecule has 2 heterocycles. The summed E-state index contributed by atoms with van der Waals surface area (Å²) in [5.41, 5.74) is 1.33. The normalized spacial score (nSPS) is 21.5. The summed E-state index contributed by atoms with van der Waals surface area (Å²) >= 11 is 0. The van der Waals surface area contributed by atoms with E-state index in [4.69, 9.17) is 9.47 Å². The van der Waals surface area contributed by atoms with Gasteiger partial charge in [-0.3, -0.25) is 9.59 Å². The predicted octanol–water partition coefficient (Wildman–Crippen LogP) is 1.14. The monoisotopic (exact) mass is 333 g/mol. The maximum absolute atomic E-state index is 12.3. The number of carbonyl (C=O) groups is 2. The Morgan fingerprint density at radius 1 is 1.42 bits per heavy atom. The molecule has 130 valence electrons. The summed E-state index contributed by atoms with van der Waals surface area (Å²) in [6.07, 6.45) is 1.93. The molecule has 0 spiro atoms. The third-order valence-corrected chi connectivity index (χ3v) is 4.28. The largest absolute Gasteiger partial charge is 0.495 e. The highest BCUT2D eigenvalue weighted by molar-refractivity contribution is 5.98. The zero-order valence-electron chi connectivity index (χ0n) is 13.8. The molecule has 2 saturated heterocycles. The van der Waals surface area contributed by atoms with Gasteiger partial charge < -0.3 is 25.0 Å². The molecular formula is C17H23N3O4. The first-order chi connectivity index (χ1) is 11.7. The number of hydrogen-bond acceptors (Lipinski definition) is 5. The van der Waals surface area contributed by atoms with Gasteiger partial charge in [-0.05, 0) is 31.0 Å². The van der Waals surface area contributed by atoms with Crippen molar-refractivity contribution in [2.75, 3.05) is 43.6 Å². The number of amides is 2. The van der Waals surface area contributed by atoms with E-state index in [1.165, 1.54) is 0 Å². The van der Waals surface area contributed by atoms with Crippen molar-refractivity contribution in [3.8, 4) is 5.75 Å². The van der Waals surface area contributed by atoms with Crippen LogP contribution in [0.2, 0.25) is 0 Å². The second-order valence-electron chi connectivity index (χ2n) is 5.94. The van der Waals surface area contributed by atoms with E-state index < -0.39 is 6.10 Å². The van der Waals surface area contributed by atoms with Crippen LogP contribution in [0, 0.1) is 0 Å². The van der Waals surface area contributed by atoms with E-state index in [1.54, 1.807) is 30.2 Å². The van der Waals surface area contributed by atoms with Gasteiger partial charge in [0, 0.05) is 31.7 Å². The average Bonchev–Trinajstić information content (AvgIpc) is 2.63. The summed E-state index contributed by atoms with van der Waals surface area (Å²) < 4.78 is 10.8. The number of piperidine rings is 1. The van der Waals surface area contributed by atoms with Crippen LogP contribution < -0.4 is 20.3 Å². The fourth-order valence-electron chi connectivity index (χ4n) is 3.00. The van der Waals surface area contributed by atoms with Crippen LogP contribution in [0.4, 0.5) is 11.4 Å². The first-order valence-corrected chi connectivity index (χ1v) is 8.30. The van der Waals surface area contributed by atoms with Crippen molar-refractivity contribution in [1.82, 2.24) is 5.32 Å². The van der Waals surface area contributed by atoms with Crippen LogP contribution in [-0.2, 0) is 14.3 Å². The summed E-state index contributed by atoms with van der Waals surface area (Å²) in [5.74, 6) is 0.518. The molecule has 2 aliphatic rings. The van der Waals surface area contributed by atoms with Gasteiger partial charge in [0.15, 0.2) is 0 Å². The Bertz CT molecular complexity index is 614. The van der Waals surface area contributed by atoms with E-state index in [0.717, 1.165) is 19.4 Å². The van der Waals surface area contributed by atoms with Crippen molar-refractivity contribution in [2.24, 2.45) is 0 Å². The van der Waals surface area contributed by atoms with Gasteiger partial charge in [-0.2, -0.15) is 0 Å². The summed E-state index contributed by atoms with van der Waals surface area (Å²) in [4.78, 5) is 26.2. The van der Waals surface area contributed by atoms with Crippen molar-refractivity contribution in [3.05, 3.63) is 18.2 Å². The van der Waals surface area contributed by atoms with Crippen LogP contribution >= 0.6 is 0 Å². The highest BCUT2D eigenvalue weighted by Crippen LogP contribution is 2.33. The summed E-state index contributed by atoms with van der Waals surface area (Å²) in [6, 6.07) is 5.33. The number of nitrogens with zero attached hydrogens (tertiary/aromatic N) is 1. The van der Waals surface area contributed by atoms with Crippen LogP contribution in [0.3, 0.4) is 0 Å². The third kappa shape index (κ3) is 3.68. The Morgan fingerprint density at radius 2 is 2.29 bits per heavy atom. The minimum absolute atomic E-state index is 0.0860. The van der Waals surface area contributed by atoms with Gasteiger partial charge in [0.05, 0.1) is 19.4 Å². The fraction of sp³-hybridized carbons (Fsp3) is 0.529. The lowest BCUT2D eigenvalue weighted by atomic mass is 10.1. The highest BCUT2D eigenvalue weighted by Gasteiger charge is 2.25. The molecular weight excluding hydrogens is 310 g/mol. The molecule has 1 aromatic rings. The average molecular weight is 333 g/mol. The van der Waals surface area contributed by atoms with E-state index in [2.05, 4.69) is 10.6 Å². The van der Waals surface area contributed by atoms with E-state index in [9.17, 15) is 9.59 Å². The number of carbonyl (C=O) groups excluding carboxylic acids is 2. The molecule has 24 heavy (non-hydrogen) atoms. The first kappa shape index (κ1) is 16.7. The number of anilines is 2. The molecule has 7 heteroatoms. The van der Waals surface area contributed by atoms with Crippen LogP contribution in [0.1, 0.15) is 19.3 Å². The second kappa shape index (κ2) is 7.63. The lowest BCUT2D eigenvalue weighted by molar-refractivity contribution is -0.128. The van der Waals surface area contributed by atoms with Gasteiger partial charge in [0.2, 0.25) is 5.91 Å². The Labute approximate surface area is 141 Å². The van der Waals surface area contributed by atoms with Gasteiger partial charge in [-0.15, -0.1) is 0 Å². The lowest BCUT2D eigenvalue weighted by Crippen LogP contribution is -2.45. The van der Waals surface area contributed by atoms with Crippen molar-refractivity contribution in [3.63, 3.8) is 0 Å². The molecule has 0 bridgehead atoms. The minimum atomic E-state index is -0.499. The molecule has 0 saturated carbocycles. The number of benzene rings is 1. The lowest BCUT2D eigenvalue weighted by Gasteiger charge is -2.28. The zero-order valence-corrected chi connectivity index (χ0v) is 13.8. The molecule has 1 unspecified atom stereocenters. The quantitative estimate of drug-likeness (QED) is 0.864. The SMILES string of the molecule is COc1ccc(NC(=O)C2CNCCO2)cc1N1CCCCC1=O. The van der Waals surface area contributed by atoms with Crippen LogP contribution in [0.15, 0.2) is 18.2 Å². The van der Waals surface area contributed by atoms with Crippen molar-refractivity contribution >= 4 is 23.2 Å². The van der Waals surface area contributed by atoms with E-state index in [-0.39, 0.29) is 11.8 Å². The van der Waals surface area contributed by atoms with E-state index >= 15 is 0 Å². The van der Waals surface area contributed by atoms with Crippen molar-refractivity contribution in [1.29, 1.82) is 0 Å². The standard InChI is InChI=1S/C17H23N3O4/c1-23-14-6-5-12(19-17(22)15-11-18-7-9-24-15)10-13(14)20-8-3-2-4-16(20)21/h5-6,10,15,18H,2-4,7-9,11H2,1H3,(H,19,22). The maximum atomic E-state index is 12.3. The van der Waals surface area contributed by atoms with Gasteiger partial charge >= 0.3 is 0 Å². The third-order valence-electron chi connectivity index (χ3n) is 4.28. The molecule has 0 aromatic heterocycles. The molecule has 0 aliphatic carbocycles. The topological polar surface area (TPSA) is 79.9 Å². The summed E-state index contributed by atoms with van der Waals surface area (Å²) in [6.45, 7) is 2.45. The molecule has 7 nitrogen and oxygen atoms in total. The van der Waals surface area contributed by atoms with Gasteiger partial charge in [-0.25, -0.2) is 0 Å². The van der Waals surface area contributed by atoms with Gasteiger partial charge in [-0.1, -0.05) is 0 Å². The van der Waals surface area contributed by atoms with Crippen LogP contribution in [-0.4, -0.2) is 51.3 Å². The number of methoxy groups -OCH3 is 1. The summed E-state index contributed by atoms with van der Waals surface area (Å²) in [7, 11) is 1.58. The number of nitrogens with one attached hydrogen (secondary N) is 2. The number of hydrogen-bond donors (Lipinski definition) is 2. The first-order valence-electron chi connectivity index (χ1n) is 8.30. The van der Waals surface area contributed by atoms with Gasteiger partial charge in [0.1, 0.15) is 11.9 Å². The Kier molecular flexibility index (Phi) is 5.32. The molecule has 2 N–H and O–H groups in total. The van der Waals surface area contributed by atoms with Gasteiger partial charge in [0.25, 0.3) is 5.91 Å². The van der Waals surface area contributed by atoms with E-state index in [1.807, 2.05) is 0 Å². The molecule has 1 aromatic carbocycles. The fourth-order valence-corrected chi connectivity index (χ4v) is 3.00. The molecule has 2 amide bonds. The highest BCUT2D eigenvalue weighted by atomic mass is 16.5. The van der Waals surface area contributed by atoms with E-state index in [0.29, 0.717) is 43.2 Å². The summed E-state index contributed by atoms with van der Waals surface area (Å²) in [5, 5.41) is 5.99. The Morgan fingerprint density at radius 3 is 3.00 bits per heavy atom. The van der Waals surface area contributed by atoms with Crippen molar-refractivity contribution < 1.29 is 19.1 Å². The Hall–Kier alpha value is -2.12. The molecule has 1 atom stereocenters. The predicted molar refractivity (Wildman–Crippen MR) is 90.4 cm³/mol. The van der Waals surface area contributed by atoms with Crippen LogP contribution in [0.5, 0.6) is 5.75 Å². The molecule has 2 fully saturated rings. The molecule has 2 aliphatic heterocycles. The molecule has 0 radical (unpaired) electrons. The molecule has 3 rings (SSSR count). The number of ether oxygens (including phenoxy) is 2. The minimum Gasteiger partial charge on any atom is -0.495 e. The smallest absolute Gasteiger partial charge is 0.254 e. The number of morpholine rings is 1. The van der Waals surface area contributed by atoms with Crippen LogP contribution in [0.25, 0.3) is 0 Å². The maximum Gasteiger partial charge on any atom is 0.254 e. The number of rotatable bonds is 4. The Balaban J connectivity index is 1.78. The second-order valence-corrected chi connectivity index (χ2v) is 5.94. The van der Waals surface area contributed by atoms with Crippen molar-refractivity contribution in [2.45, 2.75) is 25.4 Å².